The SMILES string of the molecule is CCCC(C[C@H]1CCC2=C1[C@@H](C)c1cnn(-c3ccc(F)cc3)c1C2)NC(=O)CCC1CCCC1. The van der Waals surface area contributed by atoms with E-state index in [2.05, 4.69) is 19.2 Å². The van der Waals surface area contributed by atoms with Crippen LogP contribution in [0, 0.1) is 17.7 Å². The van der Waals surface area contributed by atoms with Crippen LogP contribution in [0.3, 0.4) is 0 Å². The molecule has 1 N–H and O–H groups in total. The second-order valence-corrected chi connectivity index (χ2v) is 11.1. The molecule has 188 valence electrons. The summed E-state index contributed by atoms with van der Waals surface area (Å²) in [5.74, 6) is 1.67. The average molecular weight is 478 g/mol. The van der Waals surface area contributed by atoms with Gasteiger partial charge < -0.3 is 5.32 Å². The molecule has 1 saturated carbocycles. The molecule has 0 spiro atoms. The zero-order chi connectivity index (χ0) is 24.4. The lowest BCUT2D eigenvalue weighted by Crippen LogP contribution is -2.36. The first-order chi connectivity index (χ1) is 17.0. The summed E-state index contributed by atoms with van der Waals surface area (Å²) in [6.45, 7) is 4.54. The lowest BCUT2D eigenvalue weighted by atomic mass is 9.78. The number of hydrogen-bond acceptors (Lipinski definition) is 2. The van der Waals surface area contributed by atoms with Gasteiger partial charge >= 0.3 is 0 Å². The molecule has 4 nitrogen and oxygen atoms in total. The van der Waals surface area contributed by atoms with E-state index in [4.69, 9.17) is 5.10 Å². The number of nitrogens with zero attached hydrogens (tertiary/aromatic N) is 2. The molecule has 0 radical (unpaired) electrons. The summed E-state index contributed by atoms with van der Waals surface area (Å²) in [5, 5.41) is 8.11. The van der Waals surface area contributed by atoms with Crippen molar-refractivity contribution in [3.05, 3.63) is 58.7 Å². The van der Waals surface area contributed by atoms with Crippen LogP contribution in [0.4, 0.5) is 4.39 Å². The molecule has 0 aliphatic heterocycles. The Labute approximate surface area is 209 Å². The molecule has 0 bridgehead atoms. The van der Waals surface area contributed by atoms with Gasteiger partial charge in [-0.1, -0.05) is 57.1 Å². The molecule has 1 amide bonds. The van der Waals surface area contributed by atoms with Crippen molar-refractivity contribution in [2.45, 2.75) is 103 Å². The maximum atomic E-state index is 13.4. The van der Waals surface area contributed by atoms with Crippen molar-refractivity contribution in [2.75, 3.05) is 0 Å². The Morgan fingerprint density at radius 3 is 2.71 bits per heavy atom. The van der Waals surface area contributed by atoms with Crippen molar-refractivity contribution in [3.63, 3.8) is 0 Å². The van der Waals surface area contributed by atoms with E-state index in [1.165, 1.54) is 55.5 Å². The molecule has 1 aromatic carbocycles. The van der Waals surface area contributed by atoms with E-state index in [1.807, 2.05) is 10.9 Å². The van der Waals surface area contributed by atoms with Gasteiger partial charge in [-0.25, -0.2) is 9.07 Å². The monoisotopic (exact) mass is 477 g/mol. The minimum atomic E-state index is -0.223. The van der Waals surface area contributed by atoms with Crippen LogP contribution < -0.4 is 5.32 Å². The third-order valence-electron chi connectivity index (χ3n) is 8.75. The van der Waals surface area contributed by atoms with E-state index in [0.717, 1.165) is 50.1 Å². The number of amides is 1. The normalized spacial score (nSPS) is 22.8. The van der Waals surface area contributed by atoms with Crippen molar-refractivity contribution < 1.29 is 9.18 Å². The summed E-state index contributed by atoms with van der Waals surface area (Å²) in [5.41, 5.74) is 6.61. The molecule has 5 rings (SSSR count). The van der Waals surface area contributed by atoms with Gasteiger partial charge in [0.05, 0.1) is 17.6 Å². The summed E-state index contributed by atoms with van der Waals surface area (Å²) < 4.78 is 15.4. The topological polar surface area (TPSA) is 46.9 Å². The number of rotatable bonds is 9. The third kappa shape index (κ3) is 5.24. The van der Waals surface area contributed by atoms with Gasteiger partial charge in [0, 0.05) is 30.4 Å². The maximum Gasteiger partial charge on any atom is 0.220 e. The number of allylic oxidation sites excluding steroid dienone is 2. The van der Waals surface area contributed by atoms with Crippen LogP contribution in [0.15, 0.2) is 41.6 Å². The summed E-state index contributed by atoms with van der Waals surface area (Å²) in [6, 6.07) is 6.88. The molecule has 3 atom stereocenters. The van der Waals surface area contributed by atoms with E-state index in [9.17, 15) is 9.18 Å². The Morgan fingerprint density at radius 1 is 1.20 bits per heavy atom. The summed E-state index contributed by atoms with van der Waals surface area (Å²) >= 11 is 0. The minimum absolute atomic E-state index is 0.223. The molecular weight excluding hydrogens is 437 g/mol. The summed E-state index contributed by atoms with van der Waals surface area (Å²) in [4.78, 5) is 12.8. The minimum Gasteiger partial charge on any atom is -0.353 e. The highest BCUT2D eigenvalue weighted by molar-refractivity contribution is 5.76. The molecule has 1 aromatic heterocycles. The molecule has 1 heterocycles. The van der Waals surface area contributed by atoms with Gasteiger partial charge in [0.15, 0.2) is 0 Å². The number of hydrogen-bond donors (Lipinski definition) is 1. The zero-order valence-corrected chi connectivity index (χ0v) is 21.4. The molecule has 5 heteroatoms. The fraction of sp³-hybridized carbons (Fsp3) is 0.600. The van der Waals surface area contributed by atoms with Crippen LogP contribution >= 0.6 is 0 Å². The Hall–Kier alpha value is -2.43. The number of nitrogens with one attached hydrogen (secondary N) is 1. The van der Waals surface area contributed by atoms with E-state index in [0.29, 0.717) is 18.3 Å². The van der Waals surface area contributed by atoms with Crippen molar-refractivity contribution in [1.82, 2.24) is 15.1 Å². The van der Waals surface area contributed by atoms with E-state index >= 15 is 0 Å². The van der Waals surface area contributed by atoms with Gasteiger partial charge in [-0.05, 0) is 68.2 Å². The quantitative estimate of drug-likeness (QED) is 0.394. The number of benzene rings is 1. The molecule has 0 saturated heterocycles. The Bertz CT molecular complexity index is 1060. The number of fused-ring (bicyclic) bond motifs is 1. The Kier molecular flexibility index (Phi) is 7.40. The van der Waals surface area contributed by atoms with Crippen molar-refractivity contribution in [3.8, 4) is 5.69 Å². The third-order valence-corrected chi connectivity index (χ3v) is 8.75. The lowest BCUT2D eigenvalue weighted by Gasteiger charge is -2.29. The Morgan fingerprint density at radius 2 is 1.97 bits per heavy atom. The highest BCUT2D eigenvalue weighted by Gasteiger charge is 2.37. The standard InChI is InChI=1S/C30H40FN3O/c1-3-6-25(33-29(35)16-9-21-7-4-5-8-21)17-22-10-11-23-18-28-27(20(2)30(22)23)19-32-34(28)26-14-12-24(31)13-15-26/h12-15,19-22,25H,3-11,16-18H2,1-2H3,(H,33,35)/t20-,22+,25?/m0/s1. The van der Waals surface area contributed by atoms with Gasteiger partial charge in [-0.15, -0.1) is 0 Å². The van der Waals surface area contributed by atoms with Crippen LogP contribution in [-0.4, -0.2) is 21.7 Å². The second-order valence-electron chi connectivity index (χ2n) is 11.1. The van der Waals surface area contributed by atoms with Gasteiger partial charge in [0.2, 0.25) is 5.91 Å². The van der Waals surface area contributed by atoms with Crippen molar-refractivity contribution in [1.29, 1.82) is 0 Å². The van der Waals surface area contributed by atoms with Crippen LogP contribution in [0.5, 0.6) is 0 Å². The van der Waals surface area contributed by atoms with Gasteiger partial charge in [-0.2, -0.15) is 5.10 Å². The first-order valence-electron chi connectivity index (χ1n) is 13.9. The highest BCUT2D eigenvalue weighted by Crippen LogP contribution is 2.48. The van der Waals surface area contributed by atoms with E-state index in [-0.39, 0.29) is 17.8 Å². The number of halogens is 1. The van der Waals surface area contributed by atoms with Gasteiger partial charge in [-0.3, -0.25) is 4.79 Å². The van der Waals surface area contributed by atoms with E-state index in [1.54, 1.807) is 23.3 Å². The van der Waals surface area contributed by atoms with Gasteiger partial charge in [0.1, 0.15) is 5.82 Å². The fourth-order valence-corrected chi connectivity index (χ4v) is 7.01. The highest BCUT2D eigenvalue weighted by atomic mass is 19.1. The number of carbonyl (C=O) groups is 1. The van der Waals surface area contributed by atoms with Crippen molar-refractivity contribution >= 4 is 5.91 Å². The lowest BCUT2D eigenvalue weighted by molar-refractivity contribution is -0.122. The second kappa shape index (κ2) is 10.7. The smallest absolute Gasteiger partial charge is 0.220 e. The van der Waals surface area contributed by atoms with E-state index < -0.39 is 0 Å². The van der Waals surface area contributed by atoms with Crippen LogP contribution in [0.25, 0.3) is 5.69 Å². The molecular formula is C30H40FN3O. The largest absolute Gasteiger partial charge is 0.353 e. The number of carbonyl (C=O) groups excluding carboxylic acids is 1. The van der Waals surface area contributed by atoms with Gasteiger partial charge in [0.25, 0.3) is 0 Å². The Balaban J connectivity index is 1.26. The van der Waals surface area contributed by atoms with Crippen LogP contribution in [-0.2, 0) is 11.2 Å². The summed E-state index contributed by atoms with van der Waals surface area (Å²) in [6.07, 6.45) is 15.5. The zero-order valence-electron chi connectivity index (χ0n) is 21.4. The first-order valence-corrected chi connectivity index (χ1v) is 13.9. The van der Waals surface area contributed by atoms with Crippen LogP contribution in [0.1, 0.15) is 102 Å². The number of aromatic nitrogens is 2. The molecule has 35 heavy (non-hydrogen) atoms. The molecule has 1 unspecified atom stereocenters. The fourth-order valence-electron chi connectivity index (χ4n) is 7.01. The molecule has 1 fully saturated rings. The average Bonchev–Trinajstić information content (AvgIpc) is 3.59. The molecule has 3 aliphatic carbocycles. The molecule has 2 aromatic rings. The maximum absolute atomic E-state index is 13.4. The summed E-state index contributed by atoms with van der Waals surface area (Å²) in [7, 11) is 0. The van der Waals surface area contributed by atoms with Crippen molar-refractivity contribution in [2.24, 2.45) is 11.8 Å². The predicted octanol–water partition coefficient (Wildman–Crippen LogP) is 7.02. The first kappa shape index (κ1) is 24.3. The van der Waals surface area contributed by atoms with Crippen LogP contribution in [0.2, 0.25) is 0 Å². The predicted molar refractivity (Wildman–Crippen MR) is 138 cm³/mol. The molecule has 3 aliphatic rings.